The molecule has 12 heavy (non-hydrogen) atoms. The molecule has 1 aliphatic rings. The van der Waals surface area contributed by atoms with Gasteiger partial charge in [-0.15, -0.1) is 0 Å². The third-order valence-electron chi connectivity index (χ3n) is 2.40. The normalized spacial score (nSPS) is 30.9. The van der Waals surface area contributed by atoms with Crippen molar-refractivity contribution in [3.63, 3.8) is 0 Å². The van der Waals surface area contributed by atoms with Gasteiger partial charge in [-0.3, -0.25) is 0 Å². The number of hydrogen-bond acceptors (Lipinski definition) is 3. The van der Waals surface area contributed by atoms with E-state index in [0.29, 0.717) is 12.6 Å². The summed E-state index contributed by atoms with van der Waals surface area (Å²) in [7, 11) is 0. The smallest absolute Gasteiger partial charge is 0.153 e. The minimum absolute atomic E-state index is 0.259. The fourth-order valence-corrected chi connectivity index (χ4v) is 1.68. The maximum atomic E-state index is 8.28. The van der Waals surface area contributed by atoms with Crippen molar-refractivity contribution in [1.29, 1.82) is 0 Å². The van der Waals surface area contributed by atoms with E-state index in [1.807, 2.05) is 0 Å². The zero-order chi connectivity index (χ0) is 8.97. The molecule has 0 amide bonds. The highest BCUT2D eigenvalue weighted by Crippen LogP contribution is 2.24. The molecule has 0 aromatic carbocycles. The van der Waals surface area contributed by atoms with Crippen LogP contribution in [0.4, 0.5) is 0 Å². The molecule has 0 saturated heterocycles. The molecule has 0 aromatic heterocycles. The van der Waals surface area contributed by atoms with Crippen LogP contribution in [0.25, 0.3) is 0 Å². The first-order chi connectivity index (χ1) is 5.72. The predicted octanol–water partition coefficient (Wildman–Crippen LogP) is 0.511. The molecular weight excluding hydrogens is 154 g/mol. The van der Waals surface area contributed by atoms with Crippen LogP contribution >= 0.6 is 0 Å². The van der Waals surface area contributed by atoms with Crippen molar-refractivity contribution in [2.45, 2.75) is 32.2 Å². The van der Waals surface area contributed by atoms with Crippen molar-refractivity contribution in [2.24, 2.45) is 16.8 Å². The molecule has 0 heterocycles. The maximum Gasteiger partial charge on any atom is 0.153 e. The molecule has 2 unspecified atom stereocenters. The minimum Gasteiger partial charge on any atom is -0.409 e. The number of rotatable bonds is 3. The first-order valence-electron chi connectivity index (χ1n) is 4.42. The van der Waals surface area contributed by atoms with Crippen molar-refractivity contribution in [2.75, 3.05) is 6.54 Å². The Bertz CT molecular complexity index is 170. The van der Waals surface area contributed by atoms with E-state index in [4.69, 9.17) is 10.9 Å². The van der Waals surface area contributed by atoms with Crippen LogP contribution in [0.5, 0.6) is 0 Å². The van der Waals surface area contributed by atoms with Crippen LogP contribution in [0, 0.1) is 5.92 Å². The Morgan fingerprint density at radius 2 is 2.42 bits per heavy atom. The van der Waals surface area contributed by atoms with E-state index in [1.54, 1.807) is 0 Å². The van der Waals surface area contributed by atoms with Crippen LogP contribution in [0.3, 0.4) is 0 Å². The van der Waals surface area contributed by atoms with Crippen molar-refractivity contribution in [3.05, 3.63) is 0 Å². The average Bonchev–Trinajstić information content (AvgIpc) is 2.47. The Morgan fingerprint density at radius 3 is 2.92 bits per heavy atom. The predicted molar refractivity (Wildman–Crippen MR) is 48.2 cm³/mol. The van der Waals surface area contributed by atoms with Crippen LogP contribution in [0.2, 0.25) is 0 Å². The largest absolute Gasteiger partial charge is 0.409 e. The summed E-state index contributed by atoms with van der Waals surface area (Å²) in [4.78, 5) is 0. The second-order valence-electron chi connectivity index (χ2n) is 3.59. The molecule has 4 N–H and O–H groups in total. The van der Waals surface area contributed by atoms with Gasteiger partial charge >= 0.3 is 0 Å². The molecule has 0 spiro atoms. The van der Waals surface area contributed by atoms with Crippen LogP contribution in [0.1, 0.15) is 26.2 Å². The first kappa shape index (κ1) is 9.32. The summed E-state index contributed by atoms with van der Waals surface area (Å²) in [6.07, 6.45) is 3.70. The lowest BCUT2D eigenvalue weighted by molar-refractivity contribution is 0.316. The lowest BCUT2D eigenvalue weighted by Gasteiger charge is -2.10. The van der Waals surface area contributed by atoms with Gasteiger partial charge in [0, 0.05) is 6.04 Å². The lowest BCUT2D eigenvalue weighted by atomic mass is 10.1. The highest BCUT2D eigenvalue weighted by atomic mass is 16.4. The number of oxime groups is 1. The van der Waals surface area contributed by atoms with E-state index in [-0.39, 0.29) is 5.84 Å². The van der Waals surface area contributed by atoms with E-state index < -0.39 is 0 Å². The molecule has 0 aliphatic heterocycles. The minimum atomic E-state index is 0.259. The lowest BCUT2D eigenvalue weighted by Crippen LogP contribution is -2.35. The fourth-order valence-electron chi connectivity index (χ4n) is 1.68. The SMILES string of the molecule is CC1CCC(NCC(N)=NO)C1. The summed E-state index contributed by atoms with van der Waals surface area (Å²) in [6.45, 7) is 2.75. The standard InChI is InChI=1S/C8H17N3O/c1-6-2-3-7(4-6)10-5-8(9)11-12/h6-7,10,12H,2-5H2,1H3,(H2,9,11). The molecule has 1 saturated carbocycles. The topological polar surface area (TPSA) is 70.6 Å². The Balaban J connectivity index is 2.16. The molecule has 0 bridgehead atoms. The van der Waals surface area contributed by atoms with Gasteiger partial charge in [0.15, 0.2) is 5.84 Å². The molecule has 4 nitrogen and oxygen atoms in total. The summed E-state index contributed by atoms with van der Waals surface area (Å²) in [5, 5.41) is 14.4. The van der Waals surface area contributed by atoms with Crippen LogP contribution in [-0.2, 0) is 0 Å². The second kappa shape index (κ2) is 4.30. The molecule has 0 aromatic rings. The highest BCUT2D eigenvalue weighted by molar-refractivity contribution is 5.81. The van der Waals surface area contributed by atoms with Gasteiger partial charge in [-0.25, -0.2) is 0 Å². The summed E-state index contributed by atoms with van der Waals surface area (Å²) in [5.74, 6) is 1.07. The Morgan fingerprint density at radius 1 is 1.67 bits per heavy atom. The van der Waals surface area contributed by atoms with Gasteiger partial charge in [0.25, 0.3) is 0 Å². The van der Waals surface area contributed by atoms with Gasteiger partial charge in [-0.05, 0) is 25.2 Å². The van der Waals surface area contributed by atoms with Crippen molar-refractivity contribution in [3.8, 4) is 0 Å². The first-order valence-corrected chi connectivity index (χ1v) is 4.42. The summed E-state index contributed by atoms with van der Waals surface area (Å²) in [6, 6.07) is 0.556. The van der Waals surface area contributed by atoms with E-state index in [2.05, 4.69) is 17.4 Å². The fraction of sp³-hybridized carbons (Fsp3) is 0.875. The molecule has 2 atom stereocenters. The number of nitrogens with one attached hydrogen (secondary N) is 1. The van der Waals surface area contributed by atoms with Crippen LogP contribution < -0.4 is 11.1 Å². The highest BCUT2D eigenvalue weighted by Gasteiger charge is 2.20. The van der Waals surface area contributed by atoms with E-state index in [9.17, 15) is 0 Å². The van der Waals surface area contributed by atoms with E-state index in [0.717, 1.165) is 5.92 Å². The van der Waals surface area contributed by atoms with Gasteiger partial charge in [-0.2, -0.15) is 0 Å². The van der Waals surface area contributed by atoms with Crippen LogP contribution in [0.15, 0.2) is 5.16 Å². The van der Waals surface area contributed by atoms with Gasteiger partial charge in [-0.1, -0.05) is 12.1 Å². The molecule has 0 radical (unpaired) electrons. The van der Waals surface area contributed by atoms with Crippen molar-refractivity contribution in [1.82, 2.24) is 5.32 Å². The average molecular weight is 171 g/mol. The van der Waals surface area contributed by atoms with E-state index in [1.165, 1.54) is 19.3 Å². The molecule has 1 fully saturated rings. The monoisotopic (exact) mass is 171 g/mol. The zero-order valence-electron chi connectivity index (χ0n) is 7.45. The van der Waals surface area contributed by atoms with E-state index >= 15 is 0 Å². The molecule has 1 aliphatic carbocycles. The summed E-state index contributed by atoms with van der Waals surface area (Å²) < 4.78 is 0. The third kappa shape index (κ3) is 2.70. The van der Waals surface area contributed by atoms with Crippen molar-refractivity contribution >= 4 is 5.84 Å². The zero-order valence-corrected chi connectivity index (χ0v) is 7.45. The van der Waals surface area contributed by atoms with Crippen molar-refractivity contribution < 1.29 is 5.21 Å². The van der Waals surface area contributed by atoms with Crippen LogP contribution in [-0.4, -0.2) is 23.6 Å². The Labute approximate surface area is 72.8 Å². The van der Waals surface area contributed by atoms with Gasteiger partial charge in [0.1, 0.15) is 0 Å². The molecule has 1 rings (SSSR count). The van der Waals surface area contributed by atoms with Gasteiger partial charge < -0.3 is 16.3 Å². The number of amidine groups is 1. The van der Waals surface area contributed by atoms with Gasteiger partial charge in [0.05, 0.1) is 6.54 Å². The summed E-state index contributed by atoms with van der Waals surface area (Å²) >= 11 is 0. The maximum absolute atomic E-state index is 8.28. The van der Waals surface area contributed by atoms with Gasteiger partial charge in [0.2, 0.25) is 0 Å². The number of nitrogens with two attached hydrogens (primary N) is 1. The molecular formula is C8H17N3O. The Kier molecular flexibility index (Phi) is 3.34. The molecule has 4 heteroatoms. The Hall–Kier alpha value is -0.770. The molecule has 70 valence electrons. The number of nitrogens with zero attached hydrogens (tertiary/aromatic N) is 1. The summed E-state index contributed by atoms with van der Waals surface area (Å²) in [5.41, 5.74) is 5.32. The third-order valence-corrected chi connectivity index (χ3v) is 2.40. The number of hydrogen-bond donors (Lipinski definition) is 3. The second-order valence-corrected chi connectivity index (χ2v) is 3.59. The quantitative estimate of drug-likeness (QED) is 0.251.